The van der Waals surface area contributed by atoms with Gasteiger partial charge in [0.2, 0.25) is 6.29 Å². The van der Waals surface area contributed by atoms with Crippen LogP contribution >= 0.6 is 0 Å². The lowest BCUT2D eigenvalue weighted by Gasteiger charge is -1.86. The molecule has 0 aromatic heterocycles. The van der Waals surface area contributed by atoms with Crippen molar-refractivity contribution in [2.75, 3.05) is 6.61 Å². The Kier molecular flexibility index (Phi) is 4.62. The van der Waals surface area contributed by atoms with Crippen molar-refractivity contribution < 1.29 is 9.53 Å². The molecule has 7 heavy (non-hydrogen) atoms. The third-order valence-electron chi connectivity index (χ3n) is 0.399. The monoisotopic (exact) mass is 99.0 g/mol. The molecule has 0 aliphatic rings. The first-order chi connectivity index (χ1) is 3.41. The summed E-state index contributed by atoms with van der Waals surface area (Å²) in [6, 6.07) is 0. The maximum atomic E-state index is 9.39. The zero-order chi connectivity index (χ0) is 5.54. The van der Waals surface area contributed by atoms with Crippen LogP contribution in [0.25, 0.3) is 0 Å². The molecule has 0 amide bonds. The lowest BCUT2D eigenvalue weighted by molar-refractivity contribution is 0.269. The Labute approximate surface area is 42.8 Å². The van der Waals surface area contributed by atoms with E-state index in [-0.39, 0.29) is 0 Å². The summed E-state index contributed by atoms with van der Waals surface area (Å²) in [6.07, 6.45) is 4.04. The van der Waals surface area contributed by atoms with Crippen LogP contribution in [0.1, 0.15) is 6.92 Å². The molecule has 1 radical (unpaired) electrons. The summed E-state index contributed by atoms with van der Waals surface area (Å²) in [6.45, 7) is 2.44. The zero-order valence-electron chi connectivity index (χ0n) is 4.18. The van der Waals surface area contributed by atoms with Crippen molar-refractivity contribution in [1.29, 1.82) is 0 Å². The number of hydrogen-bond acceptors (Lipinski definition) is 2. The molecule has 0 spiro atoms. The second kappa shape index (κ2) is 5.21. The lowest BCUT2D eigenvalue weighted by Crippen LogP contribution is -1.75. The van der Waals surface area contributed by atoms with Gasteiger partial charge in [0.1, 0.15) is 0 Å². The second-order valence-electron chi connectivity index (χ2n) is 0.876. The van der Waals surface area contributed by atoms with E-state index in [4.69, 9.17) is 0 Å². The Morgan fingerprint density at radius 3 is 3.00 bits per heavy atom. The van der Waals surface area contributed by atoms with Crippen LogP contribution in [0.15, 0.2) is 12.3 Å². The van der Waals surface area contributed by atoms with E-state index in [1.54, 1.807) is 6.29 Å². The molecule has 0 atom stereocenters. The van der Waals surface area contributed by atoms with Gasteiger partial charge in [-0.25, -0.2) is 0 Å². The number of allylic oxidation sites excluding steroid dienone is 1. The highest BCUT2D eigenvalue weighted by atomic mass is 16.5. The standard InChI is InChI=1S/C5H7O2/c1-2-7-5-3-4-6/h3,5H,2H2,1H3. The van der Waals surface area contributed by atoms with Crippen molar-refractivity contribution in [2.24, 2.45) is 0 Å². The molecule has 0 fully saturated rings. The average Bonchev–Trinajstić information content (AvgIpc) is 1.69. The third kappa shape index (κ3) is 5.21. The number of carbonyl (C=O) groups excluding carboxylic acids is 1. The zero-order valence-corrected chi connectivity index (χ0v) is 4.18. The molecular weight excluding hydrogens is 92.1 g/mol. The van der Waals surface area contributed by atoms with Gasteiger partial charge in [-0.2, -0.15) is 0 Å². The summed E-state index contributed by atoms with van der Waals surface area (Å²) in [5.41, 5.74) is 0. The fraction of sp³-hybridized carbons (Fsp3) is 0.400. The molecular formula is C5H7O2. The van der Waals surface area contributed by atoms with Gasteiger partial charge in [-0.05, 0) is 6.92 Å². The molecule has 39 valence electrons. The van der Waals surface area contributed by atoms with E-state index in [1.807, 2.05) is 6.92 Å². The molecule has 0 unspecified atom stereocenters. The summed E-state index contributed by atoms with van der Waals surface area (Å²) >= 11 is 0. The van der Waals surface area contributed by atoms with Gasteiger partial charge in [0.25, 0.3) is 0 Å². The van der Waals surface area contributed by atoms with Gasteiger partial charge in [0.15, 0.2) is 0 Å². The molecule has 0 rings (SSSR count). The van der Waals surface area contributed by atoms with E-state index >= 15 is 0 Å². The highest BCUT2D eigenvalue weighted by Gasteiger charge is 1.65. The smallest absolute Gasteiger partial charge is 0.228 e. The van der Waals surface area contributed by atoms with Crippen molar-refractivity contribution in [2.45, 2.75) is 6.92 Å². The van der Waals surface area contributed by atoms with Crippen molar-refractivity contribution in [3.8, 4) is 0 Å². The minimum atomic E-state index is 0.595. The Hall–Kier alpha value is -0.790. The predicted octanol–water partition coefficient (Wildman–Crippen LogP) is 0.646. The van der Waals surface area contributed by atoms with Crippen LogP contribution in [0.4, 0.5) is 0 Å². The fourth-order valence-corrected chi connectivity index (χ4v) is 0.172. The first-order valence-electron chi connectivity index (χ1n) is 2.06. The fourth-order valence-electron chi connectivity index (χ4n) is 0.172. The van der Waals surface area contributed by atoms with E-state index in [9.17, 15) is 4.79 Å². The molecule has 0 aromatic rings. The lowest BCUT2D eigenvalue weighted by atomic mass is 10.7. The number of ether oxygens (including phenoxy) is 1. The van der Waals surface area contributed by atoms with Crippen LogP contribution in [0, 0.1) is 0 Å². The summed E-state index contributed by atoms with van der Waals surface area (Å²) < 4.78 is 4.63. The van der Waals surface area contributed by atoms with Crippen molar-refractivity contribution in [1.82, 2.24) is 0 Å². The Bertz CT molecular complexity index is 66.5. The minimum Gasteiger partial charge on any atom is -0.501 e. The van der Waals surface area contributed by atoms with Crippen molar-refractivity contribution >= 4 is 6.29 Å². The summed E-state index contributed by atoms with van der Waals surface area (Å²) in [4.78, 5) is 9.39. The molecule has 0 saturated heterocycles. The van der Waals surface area contributed by atoms with Crippen molar-refractivity contribution in [3.63, 3.8) is 0 Å². The largest absolute Gasteiger partial charge is 0.501 e. The summed E-state index contributed by atoms with van der Waals surface area (Å²) in [7, 11) is 0. The van der Waals surface area contributed by atoms with Gasteiger partial charge >= 0.3 is 0 Å². The van der Waals surface area contributed by atoms with Crippen molar-refractivity contribution in [3.05, 3.63) is 12.3 Å². The quantitative estimate of drug-likeness (QED) is 0.383. The normalized spacial score (nSPS) is 9.29. The molecule has 0 saturated carbocycles. The molecule has 2 nitrogen and oxygen atoms in total. The molecule has 0 N–H and O–H groups in total. The second-order valence-corrected chi connectivity index (χ2v) is 0.876. The van der Waals surface area contributed by atoms with Gasteiger partial charge in [0.05, 0.1) is 12.9 Å². The van der Waals surface area contributed by atoms with Gasteiger partial charge in [0, 0.05) is 6.08 Å². The molecule has 0 heterocycles. The summed E-state index contributed by atoms with van der Waals surface area (Å²) in [5, 5.41) is 0. The van der Waals surface area contributed by atoms with Gasteiger partial charge in [-0.15, -0.1) is 0 Å². The Morgan fingerprint density at radius 1 is 1.86 bits per heavy atom. The van der Waals surface area contributed by atoms with E-state index in [2.05, 4.69) is 4.74 Å². The van der Waals surface area contributed by atoms with Crippen LogP contribution in [0.3, 0.4) is 0 Å². The maximum Gasteiger partial charge on any atom is 0.228 e. The highest BCUT2D eigenvalue weighted by Crippen LogP contribution is 1.70. The average molecular weight is 99.1 g/mol. The van der Waals surface area contributed by atoms with E-state index < -0.39 is 0 Å². The first kappa shape index (κ1) is 6.21. The Balaban J connectivity index is 2.92. The van der Waals surface area contributed by atoms with E-state index in [0.29, 0.717) is 6.61 Å². The Morgan fingerprint density at radius 2 is 2.57 bits per heavy atom. The van der Waals surface area contributed by atoms with Crippen LogP contribution in [-0.2, 0) is 9.53 Å². The van der Waals surface area contributed by atoms with E-state index in [0.717, 1.165) is 0 Å². The van der Waals surface area contributed by atoms with Gasteiger partial charge < -0.3 is 4.74 Å². The van der Waals surface area contributed by atoms with Crippen LogP contribution in [-0.4, -0.2) is 12.9 Å². The maximum absolute atomic E-state index is 9.39. The predicted molar refractivity (Wildman–Crippen MR) is 26.5 cm³/mol. The van der Waals surface area contributed by atoms with E-state index in [1.165, 1.54) is 12.3 Å². The molecule has 0 aliphatic carbocycles. The third-order valence-corrected chi connectivity index (χ3v) is 0.399. The molecule has 2 heteroatoms. The molecule has 0 aromatic carbocycles. The number of rotatable bonds is 3. The molecule has 0 bridgehead atoms. The van der Waals surface area contributed by atoms with Gasteiger partial charge in [-0.3, -0.25) is 4.79 Å². The summed E-state index contributed by atoms with van der Waals surface area (Å²) in [5.74, 6) is 0. The SMILES string of the molecule is CCOC=C[C]=O. The van der Waals surface area contributed by atoms with Gasteiger partial charge in [-0.1, -0.05) is 0 Å². The van der Waals surface area contributed by atoms with Crippen LogP contribution in [0.2, 0.25) is 0 Å². The van der Waals surface area contributed by atoms with Crippen LogP contribution in [0.5, 0.6) is 0 Å². The minimum absolute atomic E-state index is 0.595. The van der Waals surface area contributed by atoms with Crippen LogP contribution < -0.4 is 0 Å². The number of hydrogen-bond donors (Lipinski definition) is 0. The molecule has 0 aliphatic heterocycles. The topological polar surface area (TPSA) is 26.3 Å². The highest BCUT2D eigenvalue weighted by molar-refractivity contribution is 5.64. The first-order valence-corrected chi connectivity index (χ1v) is 2.06.